The van der Waals surface area contributed by atoms with Gasteiger partial charge in [-0.15, -0.1) is 0 Å². The quantitative estimate of drug-likeness (QED) is 0.718. The number of phenols is 1. The van der Waals surface area contributed by atoms with E-state index in [1.807, 2.05) is 6.07 Å². The van der Waals surface area contributed by atoms with Gasteiger partial charge in [-0.1, -0.05) is 11.6 Å². The maximum Gasteiger partial charge on any atom is 0.176 e. The number of methoxy groups -OCH3 is 1. The summed E-state index contributed by atoms with van der Waals surface area (Å²) in [4.78, 5) is 8.44. The molecule has 1 aromatic carbocycles. The second kappa shape index (κ2) is 5.81. The van der Waals surface area contributed by atoms with Crippen molar-refractivity contribution in [3.05, 3.63) is 47.4 Å². The van der Waals surface area contributed by atoms with E-state index in [4.69, 9.17) is 16.3 Å². The number of benzene rings is 1. The standard InChI is InChI=1S/C16H14ClN3O3/c1-9-14(10-4-3-5-18-8-10)20(22)16(19-9)11-6-12(17)15(21)13(7-11)23-2/h3-8,21-22H,1-2H3. The lowest BCUT2D eigenvalue weighted by molar-refractivity contribution is 0.195. The third-order valence-corrected chi connectivity index (χ3v) is 3.76. The molecule has 2 heterocycles. The van der Waals surface area contributed by atoms with E-state index in [-0.39, 0.29) is 16.5 Å². The van der Waals surface area contributed by atoms with E-state index in [1.54, 1.807) is 31.5 Å². The number of nitrogens with zero attached hydrogens (tertiary/aromatic N) is 3. The number of pyridine rings is 1. The highest BCUT2D eigenvalue weighted by Crippen LogP contribution is 2.39. The van der Waals surface area contributed by atoms with Crippen LogP contribution in [-0.4, -0.2) is 32.1 Å². The van der Waals surface area contributed by atoms with Crippen LogP contribution in [0.25, 0.3) is 22.6 Å². The maximum atomic E-state index is 10.5. The van der Waals surface area contributed by atoms with Crippen molar-refractivity contribution in [2.45, 2.75) is 6.92 Å². The number of halogens is 1. The highest BCUT2D eigenvalue weighted by atomic mass is 35.5. The summed E-state index contributed by atoms with van der Waals surface area (Å²) in [7, 11) is 1.42. The Morgan fingerprint density at radius 3 is 2.70 bits per heavy atom. The lowest BCUT2D eigenvalue weighted by atomic mass is 10.2. The molecule has 0 saturated carbocycles. The van der Waals surface area contributed by atoms with Crippen LogP contribution in [0.1, 0.15) is 5.69 Å². The van der Waals surface area contributed by atoms with Crippen molar-refractivity contribution >= 4 is 11.6 Å². The average Bonchev–Trinajstić information content (AvgIpc) is 2.85. The number of aromatic nitrogens is 3. The maximum absolute atomic E-state index is 10.5. The molecule has 0 saturated heterocycles. The summed E-state index contributed by atoms with van der Waals surface area (Å²) in [6, 6.07) is 6.68. The van der Waals surface area contributed by atoms with Gasteiger partial charge >= 0.3 is 0 Å². The number of hydrogen-bond acceptors (Lipinski definition) is 5. The molecule has 0 aliphatic rings. The van der Waals surface area contributed by atoms with Crippen LogP contribution in [0.15, 0.2) is 36.7 Å². The molecular formula is C16H14ClN3O3. The topological polar surface area (TPSA) is 80.4 Å². The summed E-state index contributed by atoms with van der Waals surface area (Å²) in [5, 5.41) is 20.5. The molecule has 2 aromatic heterocycles. The van der Waals surface area contributed by atoms with Crippen LogP contribution in [0.5, 0.6) is 11.5 Å². The monoisotopic (exact) mass is 331 g/mol. The summed E-state index contributed by atoms with van der Waals surface area (Å²) < 4.78 is 6.07. The van der Waals surface area contributed by atoms with Gasteiger partial charge in [0.1, 0.15) is 5.69 Å². The molecule has 6 nitrogen and oxygen atoms in total. The molecule has 0 fully saturated rings. The molecular weight excluding hydrogens is 318 g/mol. The first kappa shape index (κ1) is 15.2. The molecule has 3 rings (SSSR count). The molecule has 0 aliphatic heterocycles. The fourth-order valence-corrected chi connectivity index (χ4v) is 2.61. The zero-order valence-corrected chi connectivity index (χ0v) is 13.2. The SMILES string of the molecule is COc1cc(-c2nc(C)c(-c3cccnc3)n2O)cc(Cl)c1O. The second-order valence-corrected chi connectivity index (χ2v) is 5.34. The van der Waals surface area contributed by atoms with Gasteiger partial charge in [-0.05, 0) is 31.2 Å². The zero-order chi connectivity index (χ0) is 16.6. The van der Waals surface area contributed by atoms with Gasteiger partial charge in [0, 0.05) is 23.5 Å². The number of hydrogen-bond donors (Lipinski definition) is 2. The predicted octanol–water partition coefficient (Wildman–Crippen LogP) is 3.53. The third kappa shape index (κ3) is 2.57. The van der Waals surface area contributed by atoms with Crippen molar-refractivity contribution in [3.8, 4) is 34.1 Å². The first-order valence-corrected chi connectivity index (χ1v) is 7.16. The van der Waals surface area contributed by atoms with E-state index in [0.717, 1.165) is 10.3 Å². The zero-order valence-electron chi connectivity index (χ0n) is 12.5. The van der Waals surface area contributed by atoms with E-state index in [1.165, 1.54) is 13.2 Å². The molecule has 2 N–H and O–H groups in total. The van der Waals surface area contributed by atoms with Gasteiger partial charge in [-0.3, -0.25) is 4.98 Å². The van der Waals surface area contributed by atoms with Crippen LogP contribution in [-0.2, 0) is 0 Å². The minimum atomic E-state index is -0.154. The summed E-state index contributed by atoms with van der Waals surface area (Å²) >= 11 is 6.00. The van der Waals surface area contributed by atoms with Gasteiger partial charge in [0.25, 0.3) is 0 Å². The van der Waals surface area contributed by atoms with Crippen molar-refractivity contribution in [1.82, 2.24) is 14.7 Å². The fourth-order valence-electron chi connectivity index (χ4n) is 2.40. The molecule has 118 valence electrons. The Hall–Kier alpha value is -2.73. The first-order chi connectivity index (χ1) is 11.0. The molecule has 0 spiro atoms. The Labute approximate surface area is 137 Å². The molecule has 3 aromatic rings. The molecule has 23 heavy (non-hydrogen) atoms. The Bertz CT molecular complexity index is 863. The molecule has 0 bridgehead atoms. The molecule has 7 heteroatoms. The second-order valence-electron chi connectivity index (χ2n) is 4.93. The van der Waals surface area contributed by atoms with E-state index in [9.17, 15) is 10.3 Å². The van der Waals surface area contributed by atoms with E-state index >= 15 is 0 Å². The van der Waals surface area contributed by atoms with E-state index in [2.05, 4.69) is 9.97 Å². The Morgan fingerprint density at radius 1 is 1.26 bits per heavy atom. The lowest BCUT2D eigenvalue weighted by Gasteiger charge is -2.09. The fraction of sp³-hybridized carbons (Fsp3) is 0.125. The number of imidazole rings is 1. The Balaban J connectivity index is 2.18. The largest absolute Gasteiger partial charge is 0.503 e. The highest BCUT2D eigenvalue weighted by molar-refractivity contribution is 6.32. The van der Waals surface area contributed by atoms with Crippen LogP contribution >= 0.6 is 11.6 Å². The number of phenolic OH excluding ortho intramolecular Hbond substituents is 1. The smallest absolute Gasteiger partial charge is 0.176 e. The molecule has 0 atom stereocenters. The van der Waals surface area contributed by atoms with Crippen LogP contribution in [0.4, 0.5) is 0 Å². The van der Waals surface area contributed by atoms with Crippen LogP contribution in [0.3, 0.4) is 0 Å². The predicted molar refractivity (Wildman–Crippen MR) is 86.0 cm³/mol. The van der Waals surface area contributed by atoms with Gasteiger partial charge in [0.05, 0.1) is 17.8 Å². The van der Waals surface area contributed by atoms with Crippen LogP contribution in [0.2, 0.25) is 5.02 Å². The number of rotatable bonds is 3. The average molecular weight is 332 g/mol. The van der Waals surface area contributed by atoms with Crippen molar-refractivity contribution in [3.63, 3.8) is 0 Å². The van der Waals surface area contributed by atoms with Gasteiger partial charge in [-0.2, -0.15) is 4.73 Å². The van der Waals surface area contributed by atoms with Crippen molar-refractivity contribution in [1.29, 1.82) is 0 Å². The minimum absolute atomic E-state index is 0.114. The molecule has 0 aliphatic carbocycles. The number of ether oxygens (including phenoxy) is 1. The lowest BCUT2D eigenvalue weighted by Crippen LogP contribution is -1.98. The first-order valence-electron chi connectivity index (χ1n) is 6.78. The minimum Gasteiger partial charge on any atom is -0.503 e. The molecule has 0 unspecified atom stereocenters. The van der Waals surface area contributed by atoms with Gasteiger partial charge in [0.15, 0.2) is 17.3 Å². The summed E-state index contributed by atoms with van der Waals surface area (Å²) in [5.74, 6) is 0.343. The van der Waals surface area contributed by atoms with E-state index < -0.39 is 0 Å². The molecule has 0 amide bonds. The van der Waals surface area contributed by atoms with Crippen LogP contribution < -0.4 is 4.74 Å². The van der Waals surface area contributed by atoms with Crippen LogP contribution in [0, 0.1) is 6.92 Å². The number of aromatic hydroxyl groups is 1. The number of aryl methyl sites for hydroxylation is 1. The summed E-state index contributed by atoms with van der Waals surface area (Å²) in [6.07, 6.45) is 3.30. The summed E-state index contributed by atoms with van der Waals surface area (Å²) in [5.41, 5.74) is 2.43. The van der Waals surface area contributed by atoms with Gasteiger partial charge in [0.2, 0.25) is 0 Å². The van der Waals surface area contributed by atoms with Crippen molar-refractivity contribution in [2.24, 2.45) is 0 Å². The van der Waals surface area contributed by atoms with Gasteiger partial charge < -0.3 is 15.1 Å². The Kier molecular flexibility index (Phi) is 3.83. The normalized spacial score (nSPS) is 10.7. The van der Waals surface area contributed by atoms with E-state index in [0.29, 0.717) is 22.8 Å². The molecule has 0 radical (unpaired) electrons. The van der Waals surface area contributed by atoms with Crippen molar-refractivity contribution in [2.75, 3.05) is 7.11 Å². The summed E-state index contributed by atoms with van der Waals surface area (Å²) in [6.45, 7) is 1.79. The highest BCUT2D eigenvalue weighted by Gasteiger charge is 2.19. The Morgan fingerprint density at radius 2 is 2.04 bits per heavy atom. The van der Waals surface area contributed by atoms with Gasteiger partial charge in [-0.25, -0.2) is 4.98 Å². The van der Waals surface area contributed by atoms with Crippen molar-refractivity contribution < 1.29 is 15.1 Å². The third-order valence-electron chi connectivity index (χ3n) is 3.47.